The van der Waals surface area contributed by atoms with Crippen molar-refractivity contribution < 1.29 is 18.0 Å². The van der Waals surface area contributed by atoms with Gasteiger partial charge in [0.2, 0.25) is 0 Å². The van der Waals surface area contributed by atoms with Crippen LogP contribution < -0.4 is 0 Å². The van der Waals surface area contributed by atoms with Gasteiger partial charge in [-0.3, -0.25) is 4.98 Å². The molecule has 0 saturated carbocycles. The third-order valence-electron chi connectivity index (χ3n) is 7.58. The van der Waals surface area contributed by atoms with E-state index in [1.54, 1.807) is 12.3 Å². The van der Waals surface area contributed by atoms with Gasteiger partial charge in [-0.25, -0.2) is 0 Å². The van der Waals surface area contributed by atoms with Gasteiger partial charge in [0.05, 0.1) is 11.1 Å². The number of benzene rings is 4. The molecule has 0 saturated heterocycles. The van der Waals surface area contributed by atoms with Gasteiger partial charge < -0.3 is 4.79 Å². The normalized spacial score (nSPS) is 12.0. The van der Waals surface area contributed by atoms with Crippen LogP contribution in [0.2, 0.25) is 0 Å². The van der Waals surface area contributed by atoms with Crippen molar-refractivity contribution in [1.29, 1.82) is 0 Å². The van der Waals surface area contributed by atoms with E-state index in [-0.39, 0.29) is 10.9 Å². The maximum absolute atomic E-state index is 13.6. The second kappa shape index (κ2) is 12.1. The molecule has 0 aliphatic carbocycles. The highest BCUT2D eigenvalue weighted by Crippen LogP contribution is 2.43. The highest BCUT2D eigenvalue weighted by atomic mass is 19.4. The van der Waals surface area contributed by atoms with Gasteiger partial charge in [0.1, 0.15) is 6.29 Å². The Kier molecular flexibility index (Phi) is 8.77. The van der Waals surface area contributed by atoms with Crippen LogP contribution in [0.1, 0.15) is 56.4 Å². The number of halogens is 3. The largest absolute Gasteiger partial charge is 0.418 e. The molecule has 0 spiro atoms. The number of carbonyl (C=O) groups excluding carboxylic acids is 1. The van der Waals surface area contributed by atoms with Crippen LogP contribution in [0.15, 0.2) is 115 Å². The Labute approximate surface area is 239 Å². The highest BCUT2D eigenvalue weighted by molar-refractivity contribution is 5.98. The summed E-state index contributed by atoms with van der Waals surface area (Å²) in [4.78, 5) is 14.7. The van der Waals surface area contributed by atoms with Crippen LogP contribution in [-0.2, 0) is 21.8 Å². The molecular weight excluding hydrogens is 519 g/mol. The zero-order chi connectivity index (χ0) is 29.7. The SMILES string of the molecule is CC(C)(CC=O)c1ccccc1.CC(C)(c1ccccc1)c1cnc2c(C(F)(F)F)cccc2c1-c1ccccc1. The first-order valence-electron chi connectivity index (χ1n) is 13.6. The first-order valence-corrected chi connectivity index (χ1v) is 13.6. The quantitative estimate of drug-likeness (QED) is 0.196. The minimum atomic E-state index is -4.46. The summed E-state index contributed by atoms with van der Waals surface area (Å²) < 4.78 is 40.8. The average molecular weight is 554 g/mol. The summed E-state index contributed by atoms with van der Waals surface area (Å²) in [5.41, 5.74) is 3.64. The van der Waals surface area contributed by atoms with E-state index in [0.717, 1.165) is 34.6 Å². The number of rotatable bonds is 6. The Morgan fingerprint density at radius 2 is 1.20 bits per heavy atom. The van der Waals surface area contributed by atoms with Crippen molar-refractivity contribution in [3.05, 3.63) is 138 Å². The van der Waals surface area contributed by atoms with Crippen LogP contribution in [0.3, 0.4) is 0 Å². The fourth-order valence-electron chi connectivity index (χ4n) is 5.07. The molecule has 0 aliphatic heterocycles. The number of aromatic nitrogens is 1. The smallest absolute Gasteiger partial charge is 0.303 e. The Hall–Kier alpha value is -4.25. The summed E-state index contributed by atoms with van der Waals surface area (Å²) in [5, 5.41) is 0.507. The molecule has 4 aromatic carbocycles. The summed E-state index contributed by atoms with van der Waals surface area (Å²) in [6.07, 6.45) is -1.30. The Morgan fingerprint density at radius 3 is 1.73 bits per heavy atom. The van der Waals surface area contributed by atoms with Crippen LogP contribution in [0, 0.1) is 0 Å². The molecule has 0 N–H and O–H groups in total. The van der Waals surface area contributed by atoms with E-state index in [1.165, 1.54) is 11.6 Å². The topological polar surface area (TPSA) is 30.0 Å². The van der Waals surface area contributed by atoms with Gasteiger partial charge in [-0.05, 0) is 39.3 Å². The van der Waals surface area contributed by atoms with E-state index in [9.17, 15) is 18.0 Å². The van der Waals surface area contributed by atoms with Crippen molar-refractivity contribution in [2.24, 2.45) is 0 Å². The number of hydrogen-bond donors (Lipinski definition) is 0. The molecule has 0 amide bonds. The standard InChI is InChI=1S/C25H20F3N.C11H14O/c1-24(2,18-12-7-4-8-13-18)21-16-29-23-19(14-9-15-20(23)25(26,27)28)22(21)17-10-5-3-6-11-17;1-11(2,8-9-12)10-6-4-3-5-7-10/h3-16H,1-2H3;3-7,9H,8H2,1-2H3. The number of hydrogen-bond acceptors (Lipinski definition) is 2. The van der Waals surface area contributed by atoms with Gasteiger partial charge in [0, 0.05) is 23.4 Å². The number of pyridine rings is 1. The number of para-hydroxylation sites is 1. The predicted octanol–water partition coefficient (Wildman–Crippen LogP) is 9.80. The minimum absolute atomic E-state index is 0.0218. The van der Waals surface area contributed by atoms with Crippen molar-refractivity contribution in [3.8, 4) is 11.1 Å². The Balaban J connectivity index is 0.000000271. The maximum Gasteiger partial charge on any atom is 0.418 e. The molecule has 210 valence electrons. The Bertz CT molecular complexity index is 1590. The Morgan fingerprint density at radius 1 is 0.659 bits per heavy atom. The van der Waals surface area contributed by atoms with Gasteiger partial charge in [0.25, 0.3) is 0 Å². The molecule has 41 heavy (non-hydrogen) atoms. The van der Waals surface area contributed by atoms with Crippen LogP contribution in [0.25, 0.3) is 22.0 Å². The summed E-state index contributed by atoms with van der Waals surface area (Å²) in [6, 6.07) is 33.9. The average Bonchev–Trinajstić information content (AvgIpc) is 2.97. The van der Waals surface area contributed by atoms with Crippen molar-refractivity contribution in [2.45, 2.75) is 51.1 Å². The van der Waals surface area contributed by atoms with Crippen molar-refractivity contribution in [3.63, 3.8) is 0 Å². The first kappa shape index (κ1) is 29.7. The second-order valence-electron chi connectivity index (χ2n) is 11.2. The molecular formula is C36H34F3NO. The second-order valence-corrected chi connectivity index (χ2v) is 11.2. The predicted molar refractivity (Wildman–Crippen MR) is 161 cm³/mol. The minimum Gasteiger partial charge on any atom is -0.303 e. The third kappa shape index (κ3) is 6.57. The molecule has 1 heterocycles. The fraction of sp³-hybridized carbons (Fsp3) is 0.222. The zero-order valence-electron chi connectivity index (χ0n) is 23.7. The fourth-order valence-corrected chi connectivity index (χ4v) is 5.07. The summed E-state index contributed by atoms with van der Waals surface area (Å²) in [6.45, 7) is 8.31. The monoisotopic (exact) mass is 553 g/mol. The molecule has 5 aromatic rings. The number of fused-ring (bicyclic) bond motifs is 1. The molecule has 0 fully saturated rings. The lowest BCUT2D eigenvalue weighted by molar-refractivity contribution is -0.136. The van der Waals surface area contributed by atoms with E-state index in [4.69, 9.17) is 0 Å². The summed E-state index contributed by atoms with van der Waals surface area (Å²) >= 11 is 0. The van der Waals surface area contributed by atoms with Crippen LogP contribution in [0.5, 0.6) is 0 Å². The molecule has 2 nitrogen and oxygen atoms in total. The highest BCUT2D eigenvalue weighted by Gasteiger charge is 2.35. The number of nitrogens with zero attached hydrogens (tertiary/aromatic N) is 1. The molecule has 0 aliphatic rings. The van der Waals surface area contributed by atoms with E-state index in [1.807, 2.05) is 78.9 Å². The maximum atomic E-state index is 13.6. The lowest BCUT2D eigenvalue weighted by atomic mass is 9.75. The van der Waals surface area contributed by atoms with Gasteiger partial charge in [-0.1, -0.05) is 131 Å². The molecule has 0 bridgehead atoms. The van der Waals surface area contributed by atoms with Crippen LogP contribution in [-0.4, -0.2) is 11.3 Å². The van der Waals surface area contributed by atoms with Crippen molar-refractivity contribution in [1.82, 2.24) is 4.98 Å². The molecule has 5 rings (SSSR count). The van der Waals surface area contributed by atoms with Gasteiger partial charge in [0.15, 0.2) is 0 Å². The van der Waals surface area contributed by atoms with E-state index in [0.29, 0.717) is 11.8 Å². The van der Waals surface area contributed by atoms with E-state index in [2.05, 4.69) is 44.8 Å². The van der Waals surface area contributed by atoms with Gasteiger partial charge in [-0.2, -0.15) is 13.2 Å². The van der Waals surface area contributed by atoms with Gasteiger partial charge >= 0.3 is 6.18 Å². The third-order valence-corrected chi connectivity index (χ3v) is 7.58. The van der Waals surface area contributed by atoms with Crippen LogP contribution in [0.4, 0.5) is 13.2 Å². The van der Waals surface area contributed by atoms with Crippen LogP contribution >= 0.6 is 0 Å². The summed E-state index contributed by atoms with van der Waals surface area (Å²) in [5.74, 6) is 0. The number of carbonyl (C=O) groups is 1. The summed E-state index contributed by atoms with van der Waals surface area (Å²) in [7, 11) is 0. The first-order chi connectivity index (χ1) is 19.5. The lowest BCUT2D eigenvalue weighted by Crippen LogP contribution is -2.21. The molecule has 5 heteroatoms. The van der Waals surface area contributed by atoms with Gasteiger partial charge in [-0.15, -0.1) is 0 Å². The number of aldehydes is 1. The molecule has 0 atom stereocenters. The molecule has 1 aromatic heterocycles. The van der Waals surface area contributed by atoms with E-state index < -0.39 is 17.2 Å². The molecule has 0 unspecified atom stereocenters. The zero-order valence-corrected chi connectivity index (χ0v) is 23.7. The van der Waals surface area contributed by atoms with Crippen molar-refractivity contribution in [2.75, 3.05) is 0 Å². The number of alkyl halides is 3. The molecule has 0 radical (unpaired) electrons. The van der Waals surface area contributed by atoms with E-state index >= 15 is 0 Å². The van der Waals surface area contributed by atoms with Crippen molar-refractivity contribution >= 4 is 17.2 Å². The lowest BCUT2D eigenvalue weighted by Gasteiger charge is -2.29.